The summed E-state index contributed by atoms with van der Waals surface area (Å²) in [6.07, 6.45) is 1.85. The van der Waals surface area contributed by atoms with E-state index in [9.17, 15) is 9.59 Å². The third-order valence-corrected chi connectivity index (χ3v) is 5.10. The van der Waals surface area contributed by atoms with E-state index in [0.29, 0.717) is 17.7 Å². The van der Waals surface area contributed by atoms with Crippen molar-refractivity contribution in [3.8, 4) is 5.69 Å². The molecule has 4 aromatic rings. The van der Waals surface area contributed by atoms with Crippen LogP contribution in [0.15, 0.2) is 85.2 Å². The molecule has 32 heavy (non-hydrogen) atoms. The van der Waals surface area contributed by atoms with Gasteiger partial charge in [0.25, 0.3) is 5.91 Å². The Morgan fingerprint density at radius 1 is 0.938 bits per heavy atom. The highest BCUT2D eigenvalue weighted by Gasteiger charge is 2.23. The summed E-state index contributed by atoms with van der Waals surface area (Å²) < 4.78 is 1.53. The highest BCUT2D eigenvalue weighted by atomic mass is 16.2. The van der Waals surface area contributed by atoms with E-state index in [2.05, 4.69) is 26.2 Å². The van der Waals surface area contributed by atoms with E-state index in [1.165, 1.54) is 11.0 Å². The van der Waals surface area contributed by atoms with Crippen LogP contribution in [0.3, 0.4) is 0 Å². The maximum absolute atomic E-state index is 13.3. The van der Waals surface area contributed by atoms with Gasteiger partial charge in [0.1, 0.15) is 12.4 Å². The number of anilines is 1. The van der Waals surface area contributed by atoms with E-state index in [-0.39, 0.29) is 11.8 Å². The van der Waals surface area contributed by atoms with Gasteiger partial charge in [0.05, 0.1) is 5.69 Å². The standard InChI is InChI=1S/C24H22N6O2/c1-17-20(13-8-14-22(17)30-16-25-28-29-30)26-24(32)21(15-18-9-4-2-5-10-18)27-23(31)19-11-6-3-7-12-19/h2-14,16,21H,15H2,1H3,(H,26,32)(H,27,31). The Hall–Kier alpha value is -4.33. The third-order valence-electron chi connectivity index (χ3n) is 5.10. The van der Waals surface area contributed by atoms with Gasteiger partial charge in [0.15, 0.2) is 0 Å². The molecule has 3 aromatic carbocycles. The maximum atomic E-state index is 13.3. The van der Waals surface area contributed by atoms with Crippen molar-refractivity contribution < 1.29 is 9.59 Å². The van der Waals surface area contributed by atoms with Crippen molar-refractivity contribution in [3.05, 3.63) is 102 Å². The number of tetrazole rings is 1. The van der Waals surface area contributed by atoms with Gasteiger partial charge in [-0.15, -0.1) is 5.10 Å². The second-order valence-corrected chi connectivity index (χ2v) is 7.28. The molecule has 0 fully saturated rings. The second-order valence-electron chi connectivity index (χ2n) is 7.28. The highest BCUT2D eigenvalue weighted by molar-refractivity contribution is 6.01. The molecular formula is C24H22N6O2. The van der Waals surface area contributed by atoms with Crippen LogP contribution in [0.25, 0.3) is 5.69 Å². The van der Waals surface area contributed by atoms with Gasteiger partial charge in [-0.25, -0.2) is 4.68 Å². The summed E-state index contributed by atoms with van der Waals surface area (Å²) >= 11 is 0. The Bertz CT molecular complexity index is 1190. The summed E-state index contributed by atoms with van der Waals surface area (Å²) in [5, 5.41) is 17.1. The monoisotopic (exact) mass is 426 g/mol. The van der Waals surface area contributed by atoms with Gasteiger partial charge in [-0.05, 0) is 52.7 Å². The van der Waals surface area contributed by atoms with Crippen LogP contribution in [0.2, 0.25) is 0 Å². The summed E-state index contributed by atoms with van der Waals surface area (Å²) in [5.41, 5.74) is 3.62. The number of hydrogen-bond acceptors (Lipinski definition) is 5. The van der Waals surface area contributed by atoms with Crippen molar-refractivity contribution in [1.29, 1.82) is 0 Å². The molecular weight excluding hydrogens is 404 g/mol. The Morgan fingerprint density at radius 3 is 2.34 bits per heavy atom. The van der Waals surface area contributed by atoms with Crippen LogP contribution in [-0.4, -0.2) is 38.1 Å². The van der Waals surface area contributed by atoms with E-state index < -0.39 is 6.04 Å². The van der Waals surface area contributed by atoms with Gasteiger partial charge < -0.3 is 10.6 Å². The second kappa shape index (κ2) is 9.65. The number of benzene rings is 3. The molecule has 1 unspecified atom stereocenters. The average Bonchev–Trinajstić information content (AvgIpc) is 3.36. The third kappa shape index (κ3) is 4.86. The minimum Gasteiger partial charge on any atom is -0.340 e. The molecule has 0 aliphatic rings. The number of rotatable bonds is 7. The summed E-state index contributed by atoms with van der Waals surface area (Å²) in [4.78, 5) is 26.0. The summed E-state index contributed by atoms with van der Waals surface area (Å²) in [6.45, 7) is 1.88. The largest absolute Gasteiger partial charge is 0.340 e. The van der Waals surface area contributed by atoms with Crippen LogP contribution in [0.4, 0.5) is 5.69 Å². The summed E-state index contributed by atoms with van der Waals surface area (Å²) in [5.74, 6) is -0.615. The van der Waals surface area contributed by atoms with Gasteiger partial charge in [-0.3, -0.25) is 9.59 Å². The number of nitrogens with one attached hydrogen (secondary N) is 2. The van der Waals surface area contributed by atoms with Crippen LogP contribution in [0.1, 0.15) is 21.5 Å². The first kappa shape index (κ1) is 20.9. The van der Waals surface area contributed by atoms with Crippen molar-refractivity contribution in [2.75, 3.05) is 5.32 Å². The first-order valence-electron chi connectivity index (χ1n) is 10.2. The van der Waals surface area contributed by atoms with Crippen LogP contribution >= 0.6 is 0 Å². The lowest BCUT2D eigenvalue weighted by Crippen LogP contribution is -2.45. The quantitative estimate of drug-likeness (QED) is 0.473. The SMILES string of the molecule is Cc1c(NC(=O)C(Cc2ccccc2)NC(=O)c2ccccc2)cccc1-n1cnnn1. The molecule has 4 rings (SSSR count). The average molecular weight is 426 g/mol. The van der Waals surface area contributed by atoms with E-state index in [1.807, 2.05) is 55.5 Å². The van der Waals surface area contributed by atoms with Crippen molar-refractivity contribution in [2.24, 2.45) is 0 Å². The minimum atomic E-state index is -0.763. The van der Waals surface area contributed by atoms with Gasteiger partial charge in [0.2, 0.25) is 5.91 Å². The first-order valence-corrected chi connectivity index (χ1v) is 10.2. The zero-order valence-corrected chi connectivity index (χ0v) is 17.5. The fraction of sp³-hybridized carbons (Fsp3) is 0.125. The molecule has 0 saturated heterocycles. The first-order chi connectivity index (χ1) is 15.6. The predicted octanol–water partition coefficient (Wildman–Crippen LogP) is 2.95. The summed E-state index contributed by atoms with van der Waals surface area (Å²) in [6, 6.07) is 23.1. The molecule has 1 aromatic heterocycles. The molecule has 0 saturated carbocycles. The van der Waals surface area contributed by atoms with Crippen molar-refractivity contribution >= 4 is 17.5 Å². The lowest BCUT2D eigenvalue weighted by atomic mass is 10.0. The molecule has 2 amide bonds. The molecule has 1 heterocycles. The molecule has 2 N–H and O–H groups in total. The number of carbonyl (C=O) groups is 2. The van der Waals surface area contributed by atoms with Crippen LogP contribution in [0.5, 0.6) is 0 Å². The summed E-state index contributed by atoms with van der Waals surface area (Å²) in [7, 11) is 0. The lowest BCUT2D eigenvalue weighted by Gasteiger charge is -2.20. The number of amides is 2. The predicted molar refractivity (Wildman–Crippen MR) is 120 cm³/mol. The van der Waals surface area contributed by atoms with Crippen molar-refractivity contribution in [3.63, 3.8) is 0 Å². The van der Waals surface area contributed by atoms with Gasteiger partial charge >= 0.3 is 0 Å². The molecule has 160 valence electrons. The molecule has 0 bridgehead atoms. The molecule has 8 nitrogen and oxygen atoms in total. The van der Waals surface area contributed by atoms with Gasteiger partial charge in [0, 0.05) is 17.7 Å². The van der Waals surface area contributed by atoms with Crippen LogP contribution in [-0.2, 0) is 11.2 Å². The molecule has 8 heteroatoms. The fourth-order valence-electron chi connectivity index (χ4n) is 3.39. The smallest absolute Gasteiger partial charge is 0.251 e. The number of nitrogens with zero attached hydrogens (tertiary/aromatic N) is 4. The zero-order valence-electron chi connectivity index (χ0n) is 17.5. The number of hydrogen-bond donors (Lipinski definition) is 2. The Morgan fingerprint density at radius 2 is 1.66 bits per heavy atom. The topological polar surface area (TPSA) is 102 Å². The molecule has 0 spiro atoms. The molecule has 0 aliphatic heterocycles. The fourth-order valence-corrected chi connectivity index (χ4v) is 3.39. The Balaban J connectivity index is 1.57. The van der Waals surface area contributed by atoms with Crippen molar-refractivity contribution in [2.45, 2.75) is 19.4 Å². The van der Waals surface area contributed by atoms with Crippen molar-refractivity contribution in [1.82, 2.24) is 25.5 Å². The molecule has 0 radical (unpaired) electrons. The van der Waals surface area contributed by atoms with E-state index in [4.69, 9.17) is 0 Å². The number of carbonyl (C=O) groups excluding carboxylic acids is 2. The normalized spacial score (nSPS) is 11.5. The van der Waals surface area contributed by atoms with Crippen LogP contribution < -0.4 is 10.6 Å². The maximum Gasteiger partial charge on any atom is 0.251 e. The Labute approximate surface area is 185 Å². The van der Waals surface area contributed by atoms with Gasteiger partial charge in [-0.1, -0.05) is 54.6 Å². The van der Waals surface area contributed by atoms with E-state index in [1.54, 1.807) is 30.3 Å². The highest BCUT2D eigenvalue weighted by Crippen LogP contribution is 2.22. The number of aromatic nitrogens is 4. The zero-order chi connectivity index (χ0) is 22.3. The molecule has 0 aliphatic carbocycles. The van der Waals surface area contributed by atoms with E-state index in [0.717, 1.165) is 16.8 Å². The minimum absolute atomic E-state index is 0.305. The van der Waals surface area contributed by atoms with Crippen LogP contribution in [0, 0.1) is 6.92 Å². The van der Waals surface area contributed by atoms with Gasteiger partial charge in [-0.2, -0.15) is 0 Å². The van der Waals surface area contributed by atoms with E-state index >= 15 is 0 Å². The Kier molecular flexibility index (Phi) is 6.31. The molecule has 1 atom stereocenters. The lowest BCUT2D eigenvalue weighted by molar-refractivity contribution is -0.118.